The lowest BCUT2D eigenvalue weighted by atomic mass is 10.0. The van der Waals surface area contributed by atoms with Gasteiger partial charge in [0.2, 0.25) is 9.84 Å². The van der Waals surface area contributed by atoms with E-state index in [1.807, 2.05) is 11.9 Å². The van der Waals surface area contributed by atoms with E-state index in [1.165, 1.54) is 12.1 Å². The lowest BCUT2D eigenvalue weighted by Gasteiger charge is -2.20. The summed E-state index contributed by atoms with van der Waals surface area (Å²) in [6, 6.07) is 8.71. The van der Waals surface area contributed by atoms with Gasteiger partial charge in [-0.3, -0.25) is 4.90 Å². The topological polar surface area (TPSA) is 46.6 Å². The Morgan fingerprint density at radius 2 is 1.47 bits per heavy atom. The lowest BCUT2D eigenvalue weighted by Crippen LogP contribution is -2.20. The molecule has 0 saturated heterocycles. The van der Waals surface area contributed by atoms with E-state index in [0.717, 1.165) is 23.3 Å². The van der Waals surface area contributed by atoms with Gasteiger partial charge in [-0.1, -0.05) is 24.3 Å². The first-order chi connectivity index (χ1) is 13.8. The highest BCUT2D eigenvalue weighted by Crippen LogP contribution is 2.28. The molecule has 0 heterocycles. The van der Waals surface area contributed by atoms with Gasteiger partial charge in [-0.25, -0.2) is 8.42 Å². The molecule has 166 valence electrons. The van der Waals surface area contributed by atoms with Crippen molar-refractivity contribution >= 4 is 9.84 Å². The average molecular weight is 451 g/mol. The fraction of sp³-hybridized carbons (Fsp3) is 0.400. The number of hydrogen-bond donors (Lipinski definition) is 0. The van der Waals surface area contributed by atoms with E-state index >= 15 is 0 Å². The van der Waals surface area contributed by atoms with Crippen molar-refractivity contribution in [2.45, 2.75) is 43.8 Å². The zero-order valence-corrected chi connectivity index (χ0v) is 17.4. The van der Waals surface area contributed by atoms with Crippen molar-refractivity contribution in [3.05, 3.63) is 58.7 Å². The first kappa shape index (κ1) is 24.1. The van der Waals surface area contributed by atoms with Crippen molar-refractivity contribution < 1.29 is 35.1 Å². The molecule has 2 aromatic rings. The third kappa shape index (κ3) is 6.40. The van der Waals surface area contributed by atoms with Crippen molar-refractivity contribution in [2.24, 2.45) is 0 Å². The molecule has 0 aliphatic carbocycles. The van der Waals surface area contributed by atoms with E-state index in [-0.39, 0.29) is 5.75 Å². The number of rotatable bonds is 8. The molecule has 0 N–H and O–H groups in total. The molecule has 0 spiro atoms. The highest BCUT2D eigenvalue weighted by Gasteiger charge is 2.29. The largest absolute Gasteiger partial charge is 0.484 e. The summed E-state index contributed by atoms with van der Waals surface area (Å²) < 4.78 is 90.2. The Kier molecular flexibility index (Phi) is 7.46. The maximum Gasteiger partial charge on any atom is 0.422 e. The molecule has 0 saturated carbocycles. The van der Waals surface area contributed by atoms with Crippen LogP contribution in [0, 0.1) is 13.8 Å². The summed E-state index contributed by atoms with van der Waals surface area (Å²) >= 11 is 0. The molecule has 4 nitrogen and oxygen atoms in total. The summed E-state index contributed by atoms with van der Waals surface area (Å²) in [5.74, 6) is -3.27. The number of sulfone groups is 1. The van der Waals surface area contributed by atoms with Gasteiger partial charge in [-0.2, -0.15) is 22.0 Å². The highest BCUT2D eigenvalue weighted by atomic mass is 32.2. The standard InChI is InChI=1S/C20H22F5NO3S/c1-13-8-16(9-14(2)18(13)29-12-20(23,24)25)11-26(3)10-15-4-6-17(7-5-15)30(27,28)19(21)22/h4-9,19H,10-12H2,1-3H3. The Bertz CT molecular complexity index is 950. The van der Waals surface area contributed by atoms with Crippen molar-refractivity contribution in [1.29, 1.82) is 0 Å². The molecule has 0 radical (unpaired) electrons. The number of hydrogen-bond acceptors (Lipinski definition) is 4. The van der Waals surface area contributed by atoms with E-state index in [9.17, 15) is 30.4 Å². The van der Waals surface area contributed by atoms with Gasteiger partial charge in [-0.15, -0.1) is 0 Å². The second-order valence-electron chi connectivity index (χ2n) is 7.08. The van der Waals surface area contributed by atoms with Gasteiger partial charge in [0.1, 0.15) is 5.75 Å². The molecule has 0 aliphatic heterocycles. The van der Waals surface area contributed by atoms with Gasteiger partial charge in [0.15, 0.2) is 6.61 Å². The maximum atomic E-state index is 12.6. The lowest BCUT2D eigenvalue weighted by molar-refractivity contribution is -0.153. The minimum atomic E-state index is -4.63. The molecule has 0 bridgehead atoms. The highest BCUT2D eigenvalue weighted by molar-refractivity contribution is 7.91. The van der Waals surface area contributed by atoms with Crippen LogP contribution in [0.5, 0.6) is 5.75 Å². The van der Waals surface area contributed by atoms with Crippen LogP contribution in [0.15, 0.2) is 41.3 Å². The summed E-state index contributed by atoms with van der Waals surface area (Å²) in [7, 11) is -2.82. The van der Waals surface area contributed by atoms with Crippen molar-refractivity contribution in [3.63, 3.8) is 0 Å². The predicted octanol–water partition coefficient (Wildman–Crippen LogP) is 4.87. The van der Waals surface area contributed by atoms with E-state index in [4.69, 9.17) is 4.74 Å². The van der Waals surface area contributed by atoms with Crippen LogP contribution in [0.25, 0.3) is 0 Å². The van der Waals surface area contributed by atoms with Crippen LogP contribution in [-0.4, -0.2) is 38.9 Å². The van der Waals surface area contributed by atoms with Crippen LogP contribution >= 0.6 is 0 Å². The fourth-order valence-electron chi connectivity index (χ4n) is 3.08. The Hall–Kier alpha value is -2.20. The number of benzene rings is 2. The minimum absolute atomic E-state index is 0.203. The van der Waals surface area contributed by atoms with Gasteiger partial charge in [0, 0.05) is 13.1 Å². The predicted molar refractivity (Wildman–Crippen MR) is 102 cm³/mol. The summed E-state index contributed by atoms with van der Waals surface area (Å²) in [5, 5.41) is 0. The third-order valence-corrected chi connectivity index (χ3v) is 5.69. The average Bonchev–Trinajstić information content (AvgIpc) is 2.60. The molecule has 10 heteroatoms. The van der Waals surface area contributed by atoms with Gasteiger partial charge in [-0.05, 0) is 55.3 Å². The zero-order valence-electron chi connectivity index (χ0n) is 16.6. The fourth-order valence-corrected chi connectivity index (χ4v) is 3.80. The quantitative estimate of drug-likeness (QED) is 0.537. The molecule has 0 unspecified atom stereocenters. The van der Waals surface area contributed by atoms with Crippen LogP contribution in [0.3, 0.4) is 0 Å². The molecule has 0 fully saturated rings. The Morgan fingerprint density at radius 3 is 1.93 bits per heavy atom. The second-order valence-corrected chi connectivity index (χ2v) is 9.00. The summed E-state index contributed by atoms with van der Waals surface area (Å²) in [5.41, 5.74) is 2.77. The van der Waals surface area contributed by atoms with Crippen molar-refractivity contribution in [3.8, 4) is 5.75 Å². The molecule has 0 atom stereocenters. The van der Waals surface area contributed by atoms with E-state index < -0.39 is 33.3 Å². The van der Waals surface area contributed by atoms with E-state index in [2.05, 4.69) is 0 Å². The second kappa shape index (κ2) is 9.30. The monoisotopic (exact) mass is 451 g/mol. The molecule has 2 aromatic carbocycles. The van der Waals surface area contributed by atoms with Gasteiger partial charge < -0.3 is 4.74 Å². The van der Waals surface area contributed by atoms with Crippen molar-refractivity contribution in [1.82, 2.24) is 4.90 Å². The molecule has 30 heavy (non-hydrogen) atoms. The maximum absolute atomic E-state index is 12.6. The molecular formula is C20H22F5NO3S. The van der Waals surface area contributed by atoms with Gasteiger partial charge in [0.05, 0.1) is 4.90 Å². The molecule has 2 rings (SSSR count). The van der Waals surface area contributed by atoms with E-state index in [1.54, 1.807) is 26.0 Å². The number of alkyl halides is 5. The number of halogens is 5. The Balaban J connectivity index is 2.05. The van der Waals surface area contributed by atoms with Crippen LogP contribution < -0.4 is 4.74 Å². The SMILES string of the molecule is Cc1cc(CN(C)Cc2ccc(S(=O)(=O)C(F)F)cc2)cc(C)c1OCC(F)(F)F. The normalized spacial score (nSPS) is 12.6. The van der Waals surface area contributed by atoms with Gasteiger partial charge >= 0.3 is 11.9 Å². The molecule has 0 aliphatic rings. The first-order valence-corrected chi connectivity index (χ1v) is 10.4. The smallest absolute Gasteiger partial charge is 0.422 e. The summed E-state index contributed by atoms with van der Waals surface area (Å²) in [4.78, 5) is 1.46. The summed E-state index contributed by atoms with van der Waals surface area (Å²) in [6.07, 6.45) is -4.41. The third-order valence-electron chi connectivity index (χ3n) is 4.29. The minimum Gasteiger partial charge on any atom is -0.484 e. The first-order valence-electron chi connectivity index (χ1n) is 8.89. The van der Waals surface area contributed by atoms with Gasteiger partial charge in [0.25, 0.3) is 0 Å². The summed E-state index contributed by atoms with van der Waals surface area (Å²) in [6.45, 7) is 2.87. The Morgan fingerprint density at radius 1 is 0.967 bits per heavy atom. The van der Waals surface area contributed by atoms with Crippen LogP contribution in [-0.2, 0) is 22.9 Å². The van der Waals surface area contributed by atoms with Crippen LogP contribution in [0.1, 0.15) is 22.3 Å². The number of ether oxygens (including phenoxy) is 1. The van der Waals surface area contributed by atoms with Crippen molar-refractivity contribution in [2.75, 3.05) is 13.7 Å². The Labute approximate surface area is 172 Å². The number of nitrogens with zero attached hydrogens (tertiary/aromatic N) is 1. The van der Waals surface area contributed by atoms with E-state index in [0.29, 0.717) is 24.2 Å². The zero-order chi connectivity index (χ0) is 22.7. The molecule has 0 aromatic heterocycles. The molecular weight excluding hydrogens is 429 g/mol. The molecule has 0 amide bonds. The van der Waals surface area contributed by atoms with Crippen LogP contribution in [0.4, 0.5) is 22.0 Å². The number of aryl methyl sites for hydroxylation is 2. The van der Waals surface area contributed by atoms with Crippen LogP contribution in [0.2, 0.25) is 0 Å².